The van der Waals surface area contributed by atoms with Crippen LogP contribution < -0.4 is 0 Å². The lowest BCUT2D eigenvalue weighted by molar-refractivity contribution is -0.158. The molecular formula is C22H27FN4O4. The molecule has 1 spiro atoms. The minimum atomic E-state index is -0.439. The van der Waals surface area contributed by atoms with E-state index in [0.29, 0.717) is 44.8 Å². The standard InChI is InChI=1S/C22H27FN4O4/c1-26-14-15(30-2)13-22(21(26)29)9-11-27(12-10-22)19(28)8-7-18-24-20(25-31-18)16-5-3-4-6-17(16)23/h3-6,15H,7-14H2,1-2H3. The Morgan fingerprint density at radius 1 is 1.32 bits per heavy atom. The predicted molar refractivity (Wildman–Crippen MR) is 109 cm³/mol. The van der Waals surface area contributed by atoms with Crippen molar-refractivity contribution < 1.29 is 23.2 Å². The van der Waals surface area contributed by atoms with Crippen LogP contribution in [0.5, 0.6) is 0 Å². The molecule has 3 heterocycles. The molecule has 0 N–H and O–H groups in total. The average molecular weight is 430 g/mol. The van der Waals surface area contributed by atoms with E-state index >= 15 is 0 Å². The fraction of sp³-hybridized carbons (Fsp3) is 0.545. The highest BCUT2D eigenvalue weighted by Gasteiger charge is 2.48. The third-order valence-electron chi connectivity index (χ3n) is 6.44. The minimum absolute atomic E-state index is 0.0135. The van der Waals surface area contributed by atoms with Crippen molar-refractivity contribution in [1.82, 2.24) is 19.9 Å². The molecule has 0 aliphatic carbocycles. The van der Waals surface area contributed by atoms with Gasteiger partial charge in [-0.05, 0) is 31.4 Å². The van der Waals surface area contributed by atoms with E-state index in [0.717, 1.165) is 0 Å². The molecular weight excluding hydrogens is 403 g/mol. The first-order valence-electron chi connectivity index (χ1n) is 10.6. The molecule has 0 bridgehead atoms. The van der Waals surface area contributed by atoms with Crippen LogP contribution in [0.25, 0.3) is 11.4 Å². The van der Waals surface area contributed by atoms with E-state index < -0.39 is 11.2 Å². The maximum Gasteiger partial charge on any atom is 0.228 e. The Labute approximate surface area is 180 Å². The summed E-state index contributed by atoms with van der Waals surface area (Å²) in [4.78, 5) is 33.3. The smallest absolute Gasteiger partial charge is 0.228 e. The number of likely N-dealkylation sites (tertiary alicyclic amines) is 2. The molecule has 2 aliphatic heterocycles. The van der Waals surface area contributed by atoms with Gasteiger partial charge < -0.3 is 19.1 Å². The number of carbonyl (C=O) groups is 2. The lowest BCUT2D eigenvalue weighted by Gasteiger charge is -2.47. The summed E-state index contributed by atoms with van der Waals surface area (Å²) in [6.45, 7) is 1.69. The number of benzene rings is 1. The molecule has 1 unspecified atom stereocenters. The number of carbonyl (C=O) groups excluding carboxylic acids is 2. The van der Waals surface area contributed by atoms with Crippen LogP contribution in [0.4, 0.5) is 4.39 Å². The lowest BCUT2D eigenvalue weighted by Crippen LogP contribution is -2.57. The van der Waals surface area contributed by atoms with Crippen molar-refractivity contribution >= 4 is 11.8 Å². The summed E-state index contributed by atoms with van der Waals surface area (Å²) < 4.78 is 24.6. The van der Waals surface area contributed by atoms with E-state index in [1.807, 2.05) is 7.05 Å². The first-order valence-corrected chi connectivity index (χ1v) is 10.6. The van der Waals surface area contributed by atoms with Gasteiger partial charge >= 0.3 is 0 Å². The highest BCUT2D eigenvalue weighted by molar-refractivity contribution is 5.84. The van der Waals surface area contributed by atoms with Gasteiger partial charge in [-0.15, -0.1) is 0 Å². The van der Waals surface area contributed by atoms with E-state index in [4.69, 9.17) is 9.26 Å². The number of piperidine rings is 2. The molecule has 1 aromatic carbocycles. The zero-order valence-electron chi connectivity index (χ0n) is 17.8. The van der Waals surface area contributed by atoms with E-state index in [2.05, 4.69) is 10.1 Å². The monoisotopic (exact) mass is 430 g/mol. The van der Waals surface area contributed by atoms with Crippen LogP contribution in [0, 0.1) is 11.2 Å². The summed E-state index contributed by atoms with van der Waals surface area (Å²) >= 11 is 0. The molecule has 166 valence electrons. The van der Waals surface area contributed by atoms with E-state index in [-0.39, 0.29) is 42.1 Å². The Balaban J connectivity index is 1.32. The maximum atomic E-state index is 13.9. The third kappa shape index (κ3) is 4.32. The molecule has 2 fully saturated rings. The zero-order valence-corrected chi connectivity index (χ0v) is 17.8. The van der Waals surface area contributed by atoms with E-state index in [9.17, 15) is 14.0 Å². The van der Waals surface area contributed by atoms with Crippen molar-refractivity contribution in [2.45, 2.75) is 38.2 Å². The normalized spacial score (nSPS) is 21.0. The van der Waals surface area contributed by atoms with Crippen LogP contribution in [0.15, 0.2) is 28.8 Å². The molecule has 4 rings (SSSR count). The van der Waals surface area contributed by atoms with Gasteiger partial charge in [-0.25, -0.2) is 4.39 Å². The largest absolute Gasteiger partial charge is 0.380 e. The van der Waals surface area contributed by atoms with Crippen molar-refractivity contribution in [3.63, 3.8) is 0 Å². The summed E-state index contributed by atoms with van der Waals surface area (Å²) in [6, 6.07) is 6.21. The van der Waals surface area contributed by atoms with Gasteiger partial charge in [0, 0.05) is 46.6 Å². The topological polar surface area (TPSA) is 88.8 Å². The van der Waals surface area contributed by atoms with Crippen LogP contribution in [-0.2, 0) is 20.7 Å². The summed E-state index contributed by atoms with van der Waals surface area (Å²) in [7, 11) is 3.49. The second-order valence-corrected chi connectivity index (χ2v) is 8.40. The number of aromatic nitrogens is 2. The number of halogens is 1. The van der Waals surface area contributed by atoms with Gasteiger partial charge in [0.1, 0.15) is 5.82 Å². The quantitative estimate of drug-likeness (QED) is 0.723. The number of likely N-dealkylation sites (N-methyl/N-ethyl adjacent to an activating group) is 1. The molecule has 0 saturated carbocycles. The number of rotatable bonds is 5. The van der Waals surface area contributed by atoms with Crippen LogP contribution in [0.2, 0.25) is 0 Å². The number of hydrogen-bond acceptors (Lipinski definition) is 6. The molecule has 9 heteroatoms. The van der Waals surface area contributed by atoms with Crippen molar-refractivity contribution in [3.05, 3.63) is 36.0 Å². The average Bonchev–Trinajstić information content (AvgIpc) is 3.25. The van der Waals surface area contributed by atoms with Gasteiger partial charge in [0.15, 0.2) is 0 Å². The van der Waals surface area contributed by atoms with E-state index in [1.165, 1.54) is 6.07 Å². The predicted octanol–water partition coefficient (Wildman–Crippen LogP) is 2.29. The maximum absolute atomic E-state index is 13.9. The number of ether oxygens (including phenoxy) is 1. The first-order chi connectivity index (χ1) is 14.9. The van der Waals surface area contributed by atoms with Crippen molar-refractivity contribution in [1.29, 1.82) is 0 Å². The van der Waals surface area contributed by atoms with Gasteiger partial charge in [0.2, 0.25) is 23.5 Å². The van der Waals surface area contributed by atoms with Crippen molar-refractivity contribution in [2.24, 2.45) is 5.41 Å². The van der Waals surface area contributed by atoms with Crippen LogP contribution in [0.1, 0.15) is 31.6 Å². The Kier molecular flexibility index (Phi) is 6.04. The highest BCUT2D eigenvalue weighted by atomic mass is 19.1. The number of nitrogens with zero attached hydrogens (tertiary/aromatic N) is 4. The second-order valence-electron chi connectivity index (χ2n) is 8.40. The third-order valence-corrected chi connectivity index (χ3v) is 6.44. The lowest BCUT2D eigenvalue weighted by atomic mass is 9.71. The number of amides is 2. The molecule has 8 nitrogen and oxygen atoms in total. The van der Waals surface area contributed by atoms with Crippen LogP contribution in [-0.4, -0.2) is 71.7 Å². The summed E-state index contributed by atoms with van der Waals surface area (Å²) in [5.74, 6) is 0.187. The molecule has 1 aromatic heterocycles. The molecule has 2 saturated heterocycles. The summed E-state index contributed by atoms with van der Waals surface area (Å²) in [6.07, 6.45) is 2.52. The highest BCUT2D eigenvalue weighted by Crippen LogP contribution is 2.41. The Morgan fingerprint density at radius 2 is 2.06 bits per heavy atom. The van der Waals surface area contributed by atoms with Gasteiger partial charge in [0.25, 0.3) is 0 Å². The van der Waals surface area contributed by atoms with Crippen LogP contribution >= 0.6 is 0 Å². The fourth-order valence-electron chi connectivity index (χ4n) is 4.62. The summed E-state index contributed by atoms with van der Waals surface area (Å²) in [5.41, 5.74) is -0.173. The molecule has 1 atom stereocenters. The summed E-state index contributed by atoms with van der Waals surface area (Å²) in [5, 5.41) is 3.82. The minimum Gasteiger partial charge on any atom is -0.380 e. The molecule has 2 aromatic rings. The molecule has 2 aliphatic rings. The molecule has 2 amide bonds. The Bertz CT molecular complexity index is 954. The van der Waals surface area contributed by atoms with E-state index in [1.54, 1.807) is 35.1 Å². The van der Waals surface area contributed by atoms with Crippen molar-refractivity contribution in [3.8, 4) is 11.4 Å². The van der Waals surface area contributed by atoms with Gasteiger partial charge in [-0.2, -0.15) is 4.98 Å². The van der Waals surface area contributed by atoms with Gasteiger partial charge in [-0.3, -0.25) is 9.59 Å². The zero-order chi connectivity index (χ0) is 22.0. The Morgan fingerprint density at radius 3 is 2.77 bits per heavy atom. The fourth-order valence-corrected chi connectivity index (χ4v) is 4.62. The Hall–Kier alpha value is -2.81. The van der Waals surface area contributed by atoms with Gasteiger partial charge in [-0.1, -0.05) is 17.3 Å². The molecule has 31 heavy (non-hydrogen) atoms. The van der Waals surface area contributed by atoms with Gasteiger partial charge in [0.05, 0.1) is 17.1 Å². The second kappa shape index (κ2) is 8.74. The SMILES string of the molecule is COC1CN(C)C(=O)C2(CCN(C(=O)CCc3nc(-c4ccccc4F)no3)CC2)C1. The van der Waals surface area contributed by atoms with Crippen LogP contribution in [0.3, 0.4) is 0 Å². The van der Waals surface area contributed by atoms with Crippen molar-refractivity contribution in [2.75, 3.05) is 33.8 Å². The number of aryl methyl sites for hydroxylation is 1. The molecule has 0 radical (unpaired) electrons. The first kappa shape index (κ1) is 21.4. The number of methoxy groups -OCH3 is 1. The number of hydrogen-bond donors (Lipinski definition) is 0.